The van der Waals surface area contributed by atoms with Crippen LogP contribution in [0.1, 0.15) is 13.3 Å². The first kappa shape index (κ1) is 15.4. The van der Waals surface area contributed by atoms with Crippen molar-refractivity contribution in [3.05, 3.63) is 28.3 Å². The Morgan fingerprint density at radius 3 is 2.58 bits per heavy atom. The van der Waals surface area contributed by atoms with Crippen LogP contribution in [0, 0.1) is 10.1 Å². The lowest BCUT2D eigenvalue weighted by atomic mass is 10.2. The number of sulfone groups is 1. The Bertz CT molecular complexity index is 570. The summed E-state index contributed by atoms with van der Waals surface area (Å²) in [6.45, 7) is 1.68. The number of nitrogens with one attached hydrogen (secondary N) is 1. The summed E-state index contributed by atoms with van der Waals surface area (Å²) in [5.41, 5.74) is -0.330. The maximum atomic E-state index is 11.5. The molecule has 19 heavy (non-hydrogen) atoms. The molecule has 1 rings (SSSR count). The van der Waals surface area contributed by atoms with E-state index in [4.69, 9.17) is 5.11 Å². The van der Waals surface area contributed by atoms with Crippen LogP contribution in [-0.2, 0) is 9.84 Å². The van der Waals surface area contributed by atoms with Gasteiger partial charge in [-0.05, 0) is 25.5 Å². The molecule has 8 heteroatoms. The maximum absolute atomic E-state index is 11.5. The van der Waals surface area contributed by atoms with Gasteiger partial charge in [0.25, 0.3) is 0 Å². The Hall–Kier alpha value is -1.67. The Morgan fingerprint density at radius 1 is 1.47 bits per heavy atom. The van der Waals surface area contributed by atoms with Crippen molar-refractivity contribution in [3.63, 3.8) is 0 Å². The van der Waals surface area contributed by atoms with E-state index in [1.807, 2.05) is 0 Å². The lowest BCUT2D eigenvalue weighted by Crippen LogP contribution is -2.18. The van der Waals surface area contributed by atoms with Crippen molar-refractivity contribution < 1.29 is 18.4 Å². The number of aliphatic hydroxyl groups excluding tert-OH is 1. The second-order valence-electron chi connectivity index (χ2n) is 4.24. The van der Waals surface area contributed by atoms with Gasteiger partial charge in [0.1, 0.15) is 10.6 Å². The number of benzene rings is 1. The first-order valence-corrected chi connectivity index (χ1v) is 7.51. The van der Waals surface area contributed by atoms with Crippen molar-refractivity contribution in [2.24, 2.45) is 0 Å². The number of para-hydroxylation sites is 1. The average Bonchev–Trinajstić information content (AvgIpc) is 2.27. The predicted molar refractivity (Wildman–Crippen MR) is 71.0 cm³/mol. The lowest BCUT2D eigenvalue weighted by molar-refractivity contribution is -0.386. The van der Waals surface area contributed by atoms with Gasteiger partial charge in [0.05, 0.1) is 4.92 Å². The predicted octanol–water partition coefficient (Wildman–Crippen LogP) is 1.18. The van der Waals surface area contributed by atoms with Crippen LogP contribution in [0.15, 0.2) is 23.1 Å². The third-order valence-corrected chi connectivity index (χ3v) is 3.67. The quantitative estimate of drug-likeness (QED) is 0.601. The molecule has 1 aromatic rings. The zero-order chi connectivity index (χ0) is 14.6. The Kier molecular flexibility index (Phi) is 4.84. The van der Waals surface area contributed by atoms with Crippen LogP contribution in [0.25, 0.3) is 0 Å². The summed E-state index contributed by atoms with van der Waals surface area (Å²) in [4.78, 5) is 10.0. The summed E-state index contributed by atoms with van der Waals surface area (Å²) in [6.07, 6.45) is 1.33. The standard InChI is InChI=1S/C11H16N2O5S/c1-8(6-7-14)12-9-4-3-5-10(19(2,17)18)11(9)13(15)16/h3-5,8,12,14H,6-7H2,1-2H3/t8-/m0/s1. The number of nitrogens with zero attached hydrogens (tertiary/aromatic N) is 1. The summed E-state index contributed by atoms with van der Waals surface area (Å²) in [6, 6.07) is 3.88. The van der Waals surface area contributed by atoms with Crippen LogP contribution >= 0.6 is 0 Å². The van der Waals surface area contributed by atoms with E-state index in [1.165, 1.54) is 18.2 Å². The summed E-state index contributed by atoms with van der Waals surface area (Å²) >= 11 is 0. The molecule has 1 atom stereocenters. The van der Waals surface area contributed by atoms with Gasteiger partial charge < -0.3 is 10.4 Å². The topological polar surface area (TPSA) is 110 Å². The zero-order valence-electron chi connectivity index (χ0n) is 10.7. The van der Waals surface area contributed by atoms with E-state index in [0.29, 0.717) is 6.42 Å². The maximum Gasteiger partial charge on any atom is 0.310 e. The molecule has 2 N–H and O–H groups in total. The van der Waals surface area contributed by atoms with Gasteiger partial charge in [-0.25, -0.2) is 8.42 Å². The smallest absolute Gasteiger partial charge is 0.310 e. The van der Waals surface area contributed by atoms with Crippen LogP contribution in [-0.4, -0.2) is 37.4 Å². The molecule has 0 radical (unpaired) electrons. The van der Waals surface area contributed by atoms with Crippen LogP contribution < -0.4 is 5.32 Å². The first-order chi connectivity index (χ1) is 8.77. The molecule has 0 aliphatic carbocycles. The van der Waals surface area contributed by atoms with Gasteiger partial charge >= 0.3 is 5.69 Å². The molecular formula is C11H16N2O5S. The molecule has 106 valence electrons. The van der Waals surface area contributed by atoms with Crippen LogP contribution in [0.4, 0.5) is 11.4 Å². The van der Waals surface area contributed by atoms with Gasteiger partial charge in [-0.1, -0.05) is 6.07 Å². The zero-order valence-corrected chi connectivity index (χ0v) is 11.5. The molecule has 0 spiro atoms. The SMILES string of the molecule is C[C@@H](CCO)Nc1cccc(S(C)(=O)=O)c1[N+](=O)[O-]. The number of hydrogen-bond donors (Lipinski definition) is 2. The number of aliphatic hydroxyl groups is 1. The fourth-order valence-electron chi connectivity index (χ4n) is 1.66. The average molecular weight is 288 g/mol. The summed E-state index contributed by atoms with van der Waals surface area (Å²) in [7, 11) is -3.68. The molecule has 0 heterocycles. The molecule has 7 nitrogen and oxygen atoms in total. The van der Waals surface area contributed by atoms with E-state index in [0.717, 1.165) is 6.26 Å². The second-order valence-corrected chi connectivity index (χ2v) is 6.22. The highest BCUT2D eigenvalue weighted by Gasteiger charge is 2.26. The largest absolute Gasteiger partial charge is 0.396 e. The van der Waals surface area contributed by atoms with Gasteiger partial charge in [0, 0.05) is 18.9 Å². The number of hydrogen-bond acceptors (Lipinski definition) is 6. The van der Waals surface area contributed by atoms with Gasteiger partial charge in [-0.2, -0.15) is 0 Å². The van der Waals surface area contributed by atoms with Gasteiger partial charge in [0.15, 0.2) is 9.84 Å². The molecule has 0 bridgehead atoms. The molecular weight excluding hydrogens is 272 g/mol. The van der Waals surface area contributed by atoms with Crippen molar-refractivity contribution in [2.75, 3.05) is 18.2 Å². The number of anilines is 1. The van der Waals surface area contributed by atoms with E-state index in [-0.39, 0.29) is 23.2 Å². The highest BCUT2D eigenvalue weighted by Crippen LogP contribution is 2.32. The molecule has 0 unspecified atom stereocenters. The van der Waals surface area contributed by atoms with Gasteiger partial charge in [0.2, 0.25) is 0 Å². The first-order valence-electron chi connectivity index (χ1n) is 5.62. The normalized spacial score (nSPS) is 13.0. The van der Waals surface area contributed by atoms with E-state index in [9.17, 15) is 18.5 Å². The lowest BCUT2D eigenvalue weighted by Gasteiger charge is -2.15. The van der Waals surface area contributed by atoms with Crippen molar-refractivity contribution in [1.82, 2.24) is 0 Å². The van der Waals surface area contributed by atoms with E-state index >= 15 is 0 Å². The van der Waals surface area contributed by atoms with Crippen LogP contribution in [0.5, 0.6) is 0 Å². The van der Waals surface area contributed by atoms with E-state index in [1.54, 1.807) is 6.92 Å². The summed E-state index contributed by atoms with van der Waals surface area (Å²) in [5.74, 6) is 0. The third kappa shape index (κ3) is 3.90. The highest BCUT2D eigenvalue weighted by atomic mass is 32.2. The Morgan fingerprint density at radius 2 is 2.11 bits per heavy atom. The molecule has 1 aromatic carbocycles. The fourth-order valence-corrected chi connectivity index (χ4v) is 2.52. The monoisotopic (exact) mass is 288 g/mol. The number of rotatable bonds is 6. The van der Waals surface area contributed by atoms with Gasteiger partial charge in [-0.15, -0.1) is 0 Å². The van der Waals surface area contributed by atoms with Crippen molar-refractivity contribution in [2.45, 2.75) is 24.3 Å². The molecule has 0 saturated carbocycles. The molecule has 0 fully saturated rings. The second kappa shape index (κ2) is 5.98. The number of nitro benzene ring substituents is 1. The van der Waals surface area contributed by atoms with Crippen LogP contribution in [0.3, 0.4) is 0 Å². The fraction of sp³-hybridized carbons (Fsp3) is 0.455. The third-order valence-electron chi connectivity index (χ3n) is 2.55. The molecule has 0 aliphatic rings. The van der Waals surface area contributed by atoms with E-state index in [2.05, 4.69) is 5.32 Å². The van der Waals surface area contributed by atoms with Crippen LogP contribution in [0.2, 0.25) is 0 Å². The Balaban J connectivity index is 3.29. The minimum absolute atomic E-state index is 0.0618. The minimum Gasteiger partial charge on any atom is -0.396 e. The van der Waals surface area contributed by atoms with Crippen molar-refractivity contribution >= 4 is 21.2 Å². The molecule has 0 amide bonds. The molecule has 0 aromatic heterocycles. The molecule has 0 aliphatic heterocycles. The van der Waals surface area contributed by atoms with E-state index < -0.39 is 20.4 Å². The minimum atomic E-state index is -3.68. The summed E-state index contributed by atoms with van der Waals surface area (Å²) < 4.78 is 23.1. The number of nitro groups is 1. The van der Waals surface area contributed by atoms with Gasteiger partial charge in [-0.3, -0.25) is 10.1 Å². The summed E-state index contributed by atoms with van der Waals surface area (Å²) in [5, 5.41) is 22.7. The van der Waals surface area contributed by atoms with Crippen molar-refractivity contribution in [1.29, 1.82) is 0 Å². The Labute approximate surface area is 111 Å². The van der Waals surface area contributed by atoms with Crippen molar-refractivity contribution in [3.8, 4) is 0 Å². The highest BCUT2D eigenvalue weighted by molar-refractivity contribution is 7.90. The molecule has 0 saturated heterocycles.